The smallest absolute Gasteiger partial charge is 0.190 e. The van der Waals surface area contributed by atoms with Gasteiger partial charge in [0.1, 0.15) is 0 Å². The van der Waals surface area contributed by atoms with E-state index < -0.39 is 0 Å². The molecule has 0 spiro atoms. The van der Waals surface area contributed by atoms with Gasteiger partial charge in [-0.05, 0) is 151 Å². The zero-order valence-electron chi connectivity index (χ0n) is 31.3. The van der Waals surface area contributed by atoms with Crippen LogP contribution < -0.4 is 0 Å². The Morgan fingerprint density at radius 1 is 0.316 bits per heavy atom. The molecule has 0 bridgehead atoms. The molecule has 12 rings (SSSR count). The second-order valence-electron chi connectivity index (χ2n) is 15.4. The third kappa shape index (κ3) is 4.44. The first-order chi connectivity index (χ1) is 28.2. The summed E-state index contributed by atoms with van der Waals surface area (Å²) in [5.41, 5.74) is 11.3. The van der Waals surface area contributed by atoms with Gasteiger partial charge in [-0.25, -0.2) is 4.85 Å². The van der Waals surface area contributed by atoms with E-state index >= 15 is 0 Å². The minimum atomic E-state index is 0.697. The number of fused-ring (bicyclic) bond motifs is 8. The van der Waals surface area contributed by atoms with Crippen molar-refractivity contribution >= 4 is 81.1 Å². The van der Waals surface area contributed by atoms with Crippen molar-refractivity contribution in [1.29, 1.82) is 0 Å². The van der Waals surface area contributed by atoms with E-state index in [9.17, 15) is 0 Å². The fourth-order valence-electron chi connectivity index (χ4n) is 10.0. The highest BCUT2D eigenvalue weighted by atomic mass is 14.6. The Morgan fingerprint density at radius 2 is 0.842 bits per heavy atom. The molecule has 0 aromatic heterocycles. The van der Waals surface area contributed by atoms with E-state index in [2.05, 4.69) is 181 Å². The Kier molecular flexibility index (Phi) is 6.68. The Bertz CT molecular complexity index is 3630. The van der Waals surface area contributed by atoms with E-state index in [4.69, 9.17) is 6.57 Å². The first kappa shape index (κ1) is 31.8. The second-order valence-corrected chi connectivity index (χ2v) is 15.4. The SMILES string of the molecule is [C-]#[N+]c1cc(-c2cccc(-c3ccc4c5c(-c6ccccc6)c6c(cc7c8ccccc8c8cccc6c87)c(-c6ccccc6)c5c5cccc3c54)c2)ccc1C. The van der Waals surface area contributed by atoms with Crippen molar-refractivity contribution in [2.24, 2.45) is 0 Å². The number of aryl methyl sites for hydroxylation is 1. The molecular formula is C56H33N. The maximum atomic E-state index is 7.72. The molecule has 0 unspecified atom stereocenters. The average Bonchev–Trinajstić information content (AvgIpc) is 3.78. The highest BCUT2D eigenvalue weighted by Crippen LogP contribution is 2.55. The van der Waals surface area contributed by atoms with Crippen molar-refractivity contribution in [2.45, 2.75) is 6.92 Å². The lowest BCUT2D eigenvalue weighted by molar-refractivity contribution is 1.48. The summed E-state index contributed by atoms with van der Waals surface area (Å²) in [6.45, 7) is 9.72. The van der Waals surface area contributed by atoms with Crippen LogP contribution in [0.4, 0.5) is 5.69 Å². The van der Waals surface area contributed by atoms with Crippen LogP contribution in [0.5, 0.6) is 0 Å². The number of benzene rings is 10. The van der Waals surface area contributed by atoms with Crippen molar-refractivity contribution in [3.05, 3.63) is 199 Å². The maximum Gasteiger partial charge on any atom is 0.190 e. The molecule has 0 saturated carbocycles. The summed E-state index contributed by atoms with van der Waals surface area (Å²) in [6.07, 6.45) is 0. The molecular weight excluding hydrogens is 687 g/mol. The van der Waals surface area contributed by atoms with Gasteiger partial charge in [-0.15, -0.1) is 0 Å². The molecule has 1 nitrogen and oxygen atoms in total. The van der Waals surface area contributed by atoms with Crippen LogP contribution in [0.15, 0.2) is 182 Å². The molecule has 0 heterocycles. The predicted molar refractivity (Wildman–Crippen MR) is 244 cm³/mol. The average molecular weight is 720 g/mol. The second kappa shape index (κ2) is 12.0. The number of hydrogen-bond donors (Lipinski definition) is 0. The summed E-state index contributed by atoms with van der Waals surface area (Å²) in [5, 5.41) is 18.2. The molecule has 1 heteroatoms. The monoisotopic (exact) mass is 719 g/mol. The van der Waals surface area contributed by atoms with Crippen molar-refractivity contribution in [1.82, 2.24) is 0 Å². The van der Waals surface area contributed by atoms with Crippen LogP contribution >= 0.6 is 0 Å². The maximum absolute atomic E-state index is 7.72. The Hall–Kier alpha value is -7.53. The van der Waals surface area contributed by atoms with Crippen LogP contribution in [-0.4, -0.2) is 0 Å². The normalized spacial score (nSPS) is 11.9. The van der Waals surface area contributed by atoms with Gasteiger partial charge in [0, 0.05) is 0 Å². The summed E-state index contributed by atoms with van der Waals surface area (Å²) < 4.78 is 0. The van der Waals surface area contributed by atoms with Crippen molar-refractivity contribution < 1.29 is 0 Å². The number of hydrogen-bond acceptors (Lipinski definition) is 0. The topological polar surface area (TPSA) is 4.36 Å². The zero-order valence-corrected chi connectivity index (χ0v) is 31.3. The molecule has 0 radical (unpaired) electrons. The first-order valence-electron chi connectivity index (χ1n) is 19.6. The molecule has 12 aromatic rings. The summed E-state index contributed by atoms with van der Waals surface area (Å²) in [7, 11) is 0. The van der Waals surface area contributed by atoms with Gasteiger partial charge in [-0.1, -0.05) is 164 Å². The highest BCUT2D eigenvalue weighted by Gasteiger charge is 2.27. The summed E-state index contributed by atoms with van der Waals surface area (Å²) in [5.74, 6) is 0. The van der Waals surface area contributed by atoms with E-state index in [0.29, 0.717) is 5.69 Å². The molecule has 0 fully saturated rings. The third-order valence-electron chi connectivity index (χ3n) is 12.5. The zero-order chi connectivity index (χ0) is 37.8. The lowest BCUT2D eigenvalue weighted by Crippen LogP contribution is -1.91. The first-order valence-corrected chi connectivity index (χ1v) is 19.6. The van der Waals surface area contributed by atoms with Crippen LogP contribution in [0.2, 0.25) is 0 Å². The Labute approximate surface area is 330 Å². The lowest BCUT2D eigenvalue weighted by Gasteiger charge is -2.19. The summed E-state index contributed by atoms with van der Waals surface area (Å²) >= 11 is 0. The molecule has 0 atom stereocenters. The van der Waals surface area contributed by atoms with Crippen molar-refractivity contribution in [2.75, 3.05) is 0 Å². The Morgan fingerprint density at radius 3 is 1.60 bits per heavy atom. The van der Waals surface area contributed by atoms with Gasteiger partial charge in [0.05, 0.1) is 6.57 Å². The molecule has 0 aliphatic heterocycles. The molecule has 0 aliphatic carbocycles. The summed E-state index contributed by atoms with van der Waals surface area (Å²) in [6, 6.07) is 67.0. The highest BCUT2D eigenvalue weighted by molar-refractivity contribution is 6.45. The molecule has 0 saturated heterocycles. The van der Waals surface area contributed by atoms with E-state index in [0.717, 1.165) is 22.3 Å². The minimum Gasteiger partial charge on any atom is -0.238 e. The van der Waals surface area contributed by atoms with Gasteiger partial charge < -0.3 is 0 Å². The fraction of sp³-hybridized carbons (Fsp3) is 0.0179. The van der Waals surface area contributed by atoms with Gasteiger partial charge in [-0.3, -0.25) is 0 Å². The third-order valence-corrected chi connectivity index (χ3v) is 12.5. The molecule has 0 N–H and O–H groups in total. The largest absolute Gasteiger partial charge is 0.238 e. The fourth-order valence-corrected chi connectivity index (χ4v) is 10.0. The minimum absolute atomic E-state index is 0.697. The van der Waals surface area contributed by atoms with Gasteiger partial charge >= 0.3 is 0 Å². The van der Waals surface area contributed by atoms with E-state index in [1.807, 2.05) is 13.0 Å². The van der Waals surface area contributed by atoms with Crippen LogP contribution in [0.3, 0.4) is 0 Å². The van der Waals surface area contributed by atoms with E-state index in [1.54, 1.807) is 0 Å². The quantitative estimate of drug-likeness (QED) is 0.126. The predicted octanol–water partition coefficient (Wildman–Crippen LogP) is 16.2. The van der Waals surface area contributed by atoms with Crippen LogP contribution in [0, 0.1) is 13.5 Å². The van der Waals surface area contributed by atoms with E-state index in [1.165, 1.54) is 103 Å². The van der Waals surface area contributed by atoms with Gasteiger partial charge in [0.2, 0.25) is 0 Å². The molecule has 12 aromatic carbocycles. The van der Waals surface area contributed by atoms with Gasteiger partial charge in [-0.2, -0.15) is 0 Å². The molecule has 57 heavy (non-hydrogen) atoms. The van der Waals surface area contributed by atoms with Gasteiger partial charge in [0.25, 0.3) is 0 Å². The molecule has 0 aliphatic rings. The number of nitrogens with zero attached hydrogens (tertiary/aromatic N) is 1. The van der Waals surface area contributed by atoms with E-state index in [-0.39, 0.29) is 0 Å². The Balaban J connectivity index is 1.27. The van der Waals surface area contributed by atoms with Crippen molar-refractivity contribution in [3.8, 4) is 44.5 Å². The van der Waals surface area contributed by atoms with Crippen LogP contribution in [0.1, 0.15) is 5.56 Å². The van der Waals surface area contributed by atoms with Gasteiger partial charge in [0.15, 0.2) is 5.69 Å². The molecule has 262 valence electrons. The molecule has 0 amide bonds. The van der Waals surface area contributed by atoms with Crippen LogP contribution in [0.25, 0.3) is 125 Å². The lowest BCUT2D eigenvalue weighted by atomic mass is 9.84. The van der Waals surface area contributed by atoms with Crippen LogP contribution in [-0.2, 0) is 0 Å². The van der Waals surface area contributed by atoms with Crippen molar-refractivity contribution in [3.63, 3.8) is 0 Å². The number of rotatable bonds is 4. The standard InChI is InChI=1S/C56H33N/c1-33-26-27-37(31-49(33)57-2)36-18-11-19-38(30-36)39-28-29-46-52-42(39)22-12-25-45(52)55-50(34-14-5-3-6-15-34)48-32-47-41-21-10-9-20-40(41)43-23-13-24-44(53(43)47)54(48)51(56(46)55)35-16-7-4-8-17-35/h3-32H,1H3. The summed E-state index contributed by atoms with van der Waals surface area (Å²) in [4.78, 5) is 3.79.